The lowest BCUT2D eigenvalue weighted by atomic mass is 10.2. The summed E-state index contributed by atoms with van der Waals surface area (Å²) >= 11 is 1.89. The fourth-order valence-electron chi connectivity index (χ4n) is 2.66. The number of hydrogen-bond donors (Lipinski definition) is 1. The predicted octanol–water partition coefficient (Wildman–Crippen LogP) is 1.88. The lowest BCUT2D eigenvalue weighted by Gasteiger charge is -2.35. The molecule has 0 amide bonds. The van der Waals surface area contributed by atoms with Crippen LogP contribution >= 0.6 is 11.8 Å². The molecular formula is C16H27N3S. The standard InChI is InChI=1S/C16H27N3S/c1-20-12-7-16(17)14-19-10-8-18(9-11-19)13-15-5-3-2-4-6-15/h2-6,16H,7-14,17H2,1H3/t16-/m0/s1. The van der Waals surface area contributed by atoms with Gasteiger partial charge in [-0.2, -0.15) is 11.8 Å². The minimum absolute atomic E-state index is 0.336. The van der Waals surface area contributed by atoms with E-state index in [1.165, 1.54) is 11.3 Å². The van der Waals surface area contributed by atoms with Gasteiger partial charge in [-0.15, -0.1) is 0 Å². The first-order valence-corrected chi connectivity index (χ1v) is 8.90. The zero-order valence-electron chi connectivity index (χ0n) is 12.5. The lowest BCUT2D eigenvalue weighted by molar-refractivity contribution is 0.121. The summed E-state index contributed by atoms with van der Waals surface area (Å²) in [6.07, 6.45) is 3.28. The van der Waals surface area contributed by atoms with Crippen molar-refractivity contribution in [2.24, 2.45) is 5.73 Å². The zero-order chi connectivity index (χ0) is 14.2. The van der Waals surface area contributed by atoms with Crippen LogP contribution in [0.4, 0.5) is 0 Å². The quantitative estimate of drug-likeness (QED) is 0.832. The van der Waals surface area contributed by atoms with Crippen molar-refractivity contribution < 1.29 is 0 Å². The van der Waals surface area contributed by atoms with Crippen LogP contribution in [0.25, 0.3) is 0 Å². The number of hydrogen-bond acceptors (Lipinski definition) is 4. The lowest BCUT2D eigenvalue weighted by Crippen LogP contribution is -2.49. The summed E-state index contributed by atoms with van der Waals surface area (Å²) in [4.78, 5) is 5.06. The predicted molar refractivity (Wildman–Crippen MR) is 89.1 cm³/mol. The van der Waals surface area contributed by atoms with Crippen LogP contribution in [0.5, 0.6) is 0 Å². The third-order valence-electron chi connectivity index (χ3n) is 3.90. The van der Waals surface area contributed by atoms with Gasteiger partial charge in [0.1, 0.15) is 0 Å². The highest BCUT2D eigenvalue weighted by Crippen LogP contribution is 2.09. The average molecular weight is 293 g/mol. The molecule has 20 heavy (non-hydrogen) atoms. The average Bonchev–Trinajstić information content (AvgIpc) is 2.48. The number of benzene rings is 1. The van der Waals surface area contributed by atoms with Crippen LogP contribution in [0, 0.1) is 0 Å². The Morgan fingerprint density at radius 1 is 1.10 bits per heavy atom. The molecule has 0 aromatic heterocycles. The van der Waals surface area contributed by atoms with Crippen molar-refractivity contribution >= 4 is 11.8 Å². The van der Waals surface area contributed by atoms with Crippen LogP contribution in [0.15, 0.2) is 30.3 Å². The maximum atomic E-state index is 6.18. The van der Waals surface area contributed by atoms with Crippen LogP contribution in [0.2, 0.25) is 0 Å². The molecule has 0 spiro atoms. The van der Waals surface area contributed by atoms with Crippen LogP contribution in [-0.4, -0.2) is 60.6 Å². The Labute approximate surface area is 127 Å². The molecule has 1 saturated heterocycles. The summed E-state index contributed by atoms with van der Waals surface area (Å²) in [6.45, 7) is 6.75. The van der Waals surface area contributed by atoms with E-state index in [1.807, 2.05) is 11.8 Å². The Balaban J connectivity index is 1.67. The SMILES string of the molecule is CSCC[C@H](N)CN1CCN(Cc2ccccc2)CC1. The normalized spacial score (nSPS) is 19.1. The monoisotopic (exact) mass is 293 g/mol. The summed E-state index contributed by atoms with van der Waals surface area (Å²) in [5, 5.41) is 0. The van der Waals surface area contributed by atoms with Crippen molar-refractivity contribution in [3.05, 3.63) is 35.9 Å². The molecule has 0 bridgehead atoms. The molecule has 1 aromatic rings. The summed E-state index contributed by atoms with van der Waals surface area (Å²) in [5.41, 5.74) is 7.59. The van der Waals surface area contributed by atoms with Crippen molar-refractivity contribution in [3.8, 4) is 0 Å². The second kappa shape index (κ2) is 8.67. The van der Waals surface area contributed by atoms with E-state index in [2.05, 4.69) is 46.4 Å². The molecule has 1 aliphatic rings. The smallest absolute Gasteiger partial charge is 0.0234 e. The van der Waals surface area contributed by atoms with Crippen LogP contribution in [0.1, 0.15) is 12.0 Å². The van der Waals surface area contributed by atoms with E-state index in [-0.39, 0.29) is 0 Å². The zero-order valence-corrected chi connectivity index (χ0v) is 13.3. The molecule has 0 saturated carbocycles. The highest BCUT2D eigenvalue weighted by molar-refractivity contribution is 7.98. The van der Waals surface area contributed by atoms with E-state index in [0.717, 1.165) is 45.7 Å². The van der Waals surface area contributed by atoms with E-state index in [1.54, 1.807) is 0 Å². The molecule has 1 fully saturated rings. The van der Waals surface area contributed by atoms with Gasteiger partial charge in [0.15, 0.2) is 0 Å². The van der Waals surface area contributed by atoms with Gasteiger partial charge >= 0.3 is 0 Å². The van der Waals surface area contributed by atoms with Crippen molar-refractivity contribution in [1.82, 2.24) is 9.80 Å². The highest BCUT2D eigenvalue weighted by Gasteiger charge is 2.18. The molecule has 1 atom stereocenters. The first-order chi connectivity index (χ1) is 9.78. The minimum Gasteiger partial charge on any atom is -0.327 e. The minimum atomic E-state index is 0.336. The van der Waals surface area contributed by atoms with Gasteiger partial charge in [0.25, 0.3) is 0 Å². The van der Waals surface area contributed by atoms with Gasteiger partial charge in [0.05, 0.1) is 0 Å². The summed E-state index contributed by atoms with van der Waals surface area (Å²) in [7, 11) is 0. The molecule has 0 unspecified atom stereocenters. The molecule has 112 valence electrons. The van der Waals surface area contributed by atoms with Gasteiger partial charge in [-0.1, -0.05) is 30.3 Å². The first-order valence-electron chi connectivity index (χ1n) is 7.51. The van der Waals surface area contributed by atoms with Gasteiger partial charge in [0.2, 0.25) is 0 Å². The van der Waals surface area contributed by atoms with Crippen molar-refractivity contribution in [3.63, 3.8) is 0 Å². The Kier molecular flexibility index (Phi) is 6.87. The number of nitrogens with two attached hydrogens (primary N) is 1. The van der Waals surface area contributed by atoms with Crippen LogP contribution in [0.3, 0.4) is 0 Å². The van der Waals surface area contributed by atoms with Gasteiger partial charge < -0.3 is 5.73 Å². The van der Waals surface area contributed by atoms with Gasteiger partial charge in [-0.25, -0.2) is 0 Å². The topological polar surface area (TPSA) is 32.5 Å². The summed E-state index contributed by atoms with van der Waals surface area (Å²) in [5.74, 6) is 1.18. The largest absolute Gasteiger partial charge is 0.327 e. The third kappa shape index (κ3) is 5.44. The van der Waals surface area contributed by atoms with E-state index in [9.17, 15) is 0 Å². The van der Waals surface area contributed by atoms with E-state index >= 15 is 0 Å². The Hall–Kier alpha value is -0.550. The van der Waals surface area contributed by atoms with Gasteiger partial charge in [0, 0.05) is 45.3 Å². The second-order valence-corrected chi connectivity index (χ2v) is 6.59. The summed E-state index contributed by atoms with van der Waals surface area (Å²) < 4.78 is 0. The second-order valence-electron chi connectivity index (χ2n) is 5.60. The number of rotatable bonds is 7. The fraction of sp³-hybridized carbons (Fsp3) is 0.625. The van der Waals surface area contributed by atoms with E-state index in [0.29, 0.717) is 6.04 Å². The van der Waals surface area contributed by atoms with E-state index < -0.39 is 0 Å². The Morgan fingerprint density at radius 3 is 2.40 bits per heavy atom. The molecule has 2 rings (SSSR count). The van der Waals surface area contributed by atoms with Crippen LogP contribution in [-0.2, 0) is 6.54 Å². The number of piperazine rings is 1. The number of thioether (sulfide) groups is 1. The Bertz CT molecular complexity index is 363. The molecule has 2 N–H and O–H groups in total. The number of nitrogens with zero attached hydrogens (tertiary/aromatic N) is 2. The Morgan fingerprint density at radius 2 is 1.75 bits per heavy atom. The molecule has 0 radical (unpaired) electrons. The molecule has 1 heterocycles. The molecule has 0 aliphatic carbocycles. The maximum Gasteiger partial charge on any atom is 0.0234 e. The molecular weight excluding hydrogens is 266 g/mol. The van der Waals surface area contributed by atoms with Crippen molar-refractivity contribution in [2.75, 3.05) is 44.7 Å². The van der Waals surface area contributed by atoms with E-state index in [4.69, 9.17) is 5.73 Å². The van der Waals surface area contributed by atoms with Gasteiger partial charge in [-0.3, -0.25) is 9.80 Å². The fourth-order valence-corrected chi connectivity index (χ4v) is 3.20. The summed E-state index contributed by atoms with van der Waals surface area (Å²) in [6, 6.07) is 11.1. The van der Waals surface area contributed by atoms with Crippen molar-refractivity contribution in [1.29, 1.82) is 0 Å². The van der Waals surface area contributed by atoms with Crippen LogP contribution < -0.4 is 5.73 Å². The molecule has 3 nitrogen and oxygen atoms in total. The molecule has 1 aromatic carbocycles. The van der Waals surface area contributed by atoms with Crippen molar-refractivity contribution in [2.45, 2.75) is 19.0 Å². The molecule has 1 aliphatic heterocycles. The maximum absolute atomic E-state index is 6.18. The molecule has 4 heteroatoms. The van der Waals surface area contributed by atoms with Gasteiger partial charge in [-0.05, 0) is 24.0 Å². The third-order valence-corrected chi connectivity index (χ3v) is 4.54. The first kappa shape index (κ1) is 15.8. The highest BCUT2D eigenvalue weighted by atomic mass is 32.2.